The number of hydrogen-bond acceptors (Lipinski definition) is 6. The molecule has 0 amide bonds. The maximum Gasteiger partial charge on any atom is 0.323 e. The lowest BCUT2D eigenvalue weighted by Gasteiger charge is -2.29. The van der Waals surface area contributed by atoms with E-state index in [0.29, 0.717) is 11.3 Å². The molecule has 7 nitrogen and oxygen atoms in total. The van der Waals surface area contributed by atoms with E-state index in [4.69, 9.17) is 14.2 Å². The van der Waals surface area contributed by atoms with Gasteiger partial charge in [-0.2, -0.15) is 0 Å². The highest BCUT2D eigenvalue weighted by Crippen LogP contribution is 2.36. The molecule has 2 aromatic heterocycles. The summed E-state index contributed by atoms with van der Waals surface area (Å²) < 4.78 is 18.0. The molecule has 3 rings (SSSR count). The molecule has 0 fully saturated rings. The Morgan fingerprint density at radius 3 is 2.40 bits per heavy atom. The van der Waals surface area contributed by atoms with Crippen molar-refractivity contribution in [3.63, 3.8) is 0 Å². The van der Waals surface area contributed by atoms with Crippen LogP contribution in [0.2, 0.25) is 0 Å². The highest BCUT2D eigenvalue weighted by Gasteiger charge is 2.41. The second-order valence-electron chi connectivity index (χ2n) is 7.89. The molecule has 7 heteroatoms. The fraction of sp³-hybridized carbons (Fsp3) is 0.348. The lowest BCUT2D eigenvalue weighted by Crippen LogP contribution is -2.39. The van der Waals surface area contributed by atoms with Gasteiger partial charge in [0.05, 0.1) is 25.8 Å². The summed E-state index contributed by atoms with van der Waals surface area (Å²) in [5.74, 6) is -1.96. The van der Waals surface area contributed by atoms with Crippen LogP contribution in [0.4, 0.5) is 0 Å². The number of rotatable bonds is 6. The zero-order valence-electron chi connectivity index (χ0n) is 17.8. The molecule has 2 heterocycles. The monoisotopic (exact) mass is 410 g/mol. The molecule has 0 aliphatic heterocycles. The molecule has 3 aromatic rings. The third-order valence-corrected chi connectivity index (χ3v) is 4.68. The first-order valence-electron chi connectivity index (χ1n) is 9.61. The molecule has 0 bridgehead atoms. The van der Waals surface area contributed by atoms with Crippen LogP contribution in [0.5, 0.6) is 5.75 Å². The molecule has 2 atom stereocenters. The van der Waals surface area contributed by atoms with Crippen molar-refractivity contribution in [1.29, 1.82) is 0 Å². The SMILES string of the molecule is COC(=O)C(C(=O)OC(C)(C)C)C(c1cccnc1)n1ccc2cccc(OC)c21. The van der Waals surface area contributed by atoms with Crippen molar-refractivity contribution in [1.82, 2.24) is 9.55 Å². The second kappa shape index (κ2) is 8.57. The number of fused-ring (bicyclic) bond motifs is 1. The summed E-state index contributed by atoms with van der Waals surface area (Å²) in [6, 6.07) is 10.4. The van der Waals surface area contributed by atoms with E-state index in [1.54, 1.807) is 46.3 Å². The van der Waals surface area contributed by atoms with Gasteiger partial charge in [0.25, 0.3) is 0 Å². The molecular formula is C23H26N2O5. The lowest BCUT2D eigenvalue weighted by atomic mass is 9.93. The molecule has 0 aliphatic carbocycles. The zero-order chi connectivity index (χ0) is 21.9. The van der Waals surface area contributed by atoms with E-state index in [0.717, 1.165) is 10.9 Å². The number of methoxy groups -OCH3 is 2. The van der Waals surface area contributed by atoms with E-state index in [-0.39, 0.29) is 0 Å². The number of esters is 2. The summed E-state index contributed by atoms with van der Waals surface area (Å²) >= 11 is 0. The number of ether oxygens (including phenoxy) is 3. The molecule has 0 saturated carbocycles. The number of hydrogen-bond donors (Lipinski definition) is 0. The topological polar surface area (TPSA) is 79.7 Å². The van der Waals surface area contributed by atoms with Crippen LogP contribution in [0.25, 0.3) is 10.9 Å². The van der Waals surface area contributed by atoms with E-state index in [2.05, 4.69) is 4.98 Å². The van der Waals surface area contributed by atoms with Gasteiger partial charge in [0.1, 0.15) is 11.4 Å². The number of aromatic nitrogens is 2. The Morgan fingerprint density at radius 2 is 1.80 bits per heavy atom. The van der Waals surface area contributed by atoms with Crippen LogP contribution in [-0.2, 0) is 19.1 Å². The summed E-state index contributed by atoms with van der Waals surface area (Å²) in [4.78, 5) is 30.2. The molecule has 0 spiro atoms. The van der Waals surface area contributed by atoms with Crippen LogP contribution in [0.15, 0.2) is 55.0 Å². The summed E-state index contributed by atoms with van der Waals surface area (Å²) in [6.45, 7) is 5.27. The van der Waals surface area contributed by atoms with Crippen molar-refractivity contribution in [3.8, 4) is 5.75 Å². The van der Waals surface area contributed by atoms with E-state index >= 15 is 0 Å². The molecule has 0 N–H and O–H groups in total. The summed E-state index contributed by atoms with van der Waals surface area (Å²) in [5, 5.41) is 0.913. The number of nitrogens with zero attached hydrogens (tertiary/aromatic N) is 2. The van der Waals surface area contributed by atoms with E-state index in [1.165, 1.54) is 7.11 Å². The maximum atomic E-state index is 13.2. The number of benzene rings is 1. The van der Waals surface area contributed by atoms with Crippen LogP contribution >= 0.6 is 0 Å². The normalized spacial score (nSPS) is 13.5. The predicted molar refractivity (Wildman–Crippen MR) is 112 cm³/mol. The third-order valence-electron chi connectivity index (χ3n) is 4.68. The first-order valence-corrected chi connectivity index (χ1v) is 9.61. The van der Waals surface area contributed by atoms with Crippen LogP contribution in [0.1, 0.15) is 32.4 Å². The molecule has 158 valence electrons. The van der Waals surface area contributed by atoms with Crippen molar-refractivity contribution in [3.05, 3.63) is 60.6 Å². The van der Waals surface area contributed by atoms with E-state index in [9.17, 15) is 9.59 Å². The minimum atomic E-state index is -1.24. The van der Waals surface area contributed by atoms with Crippen LogP contribution in [0.3, 0.4) is 0 Å². The van der Waals surface area contributed by atoms with E-state index < -0.39 is 29.5 Å². The van der Waals surface area contributed by atoms with Crippen molar-refractivity contribution < 1.29 is 23.8 Å². The molecule has 0 saturated heterocycles. The van der Waals surface area contributed by atoms with E-state index in [1.807, 2.05) is 41.1 Å². The highest BCUT2D eigenvalue weighted by molar-refractivity contribution is 5.97. The number of carbonyl (C=O) groups is 2. The molecule has 2 unspecified atom stereocenters. The summed E-state index contributed by atoms with van der Waals surface area (Å²) in [7, 11) is 2.84. The minimum Gasteiger partial charge on any atom is -0.495 e. The Labute approximate surface area is 175 Å². The van der Waals surface area contributed by atoms with Crippen LogP contribution in [-0.4, -0.2) is 41.3 Å². The van der Waals surface area contributed by atoms with Gasteiger partial charge in [-0.15, -0.1) is 0 Å². The number of para-hydroxylation sites is 1. The standard InChI is InChI=1S/C23H26N2O5/c1-23(2,3)30-22(27)18(21(26)29-5)20(16-9-7-12-24-14-16)25-13-11-15-8-6-10-17(28-4)19(15)25/h6-14,18,20H,1-5H3. The van der Waals surface area contributed by atoms with Crippen molar-refractivity contribution in [2.24, 2.45) is 5.92 Å². The zero-order valence-corrected chi connectivity index (χ0v) is 17.8. The Hall–Kier alpha value is -3.35. The summed E-state index contributed by atoms with van der Waals surface area (Å²) in [6.07, 6.45) is 5.09. The number of pyridine rings is 1. The third kappa shape index (κ3) is 4.30. The fourth-order valence-corrected chi connectivity index (χ4v) is 3.49. The van der Waals surface area contributed by atoms with Gasteiger partial charge in [-0.05, 0) is 44.5 Å². The lowest BCUT2D eigenvalue weighted by molar-refractivity contribution is -0.169. The average Bonchev–Trinajstić information content (AvgIpc) is 3.14. The van der Waals surface area contributed by atoms with Crippen molar-refractivity contribution >= 4 is 22.8 Å². The highest BCUT2D eigenvalue weighted by atomic mass is 16.6. The average molecular weight is 410 g/mol. The van der Waals surface area contributed by atoms with Gasteiger partial charge in [-0.25, -0.2) is 0 Å². The van der Waals surface area contributed by atoms with Gasteiger partial charge < -0.3 is 18.8 Å². The minimum absolute atomic E-state index is 0.624. The van der Waals surface area contributed by atoms with Gasteiger partial charge in [0.15, 0.2) is 5.92 Å². The molecule has 0 radical (unpaired) electrons. The quantitative estimate of drug-likeness (QED) is 0.455. The van der Waals surface area contributed by atoms with Gasteiger partial charge in [-0.1, -0.05) is 18.2 Å². The van der Waals surface area contributed by atoms with Crippen LogP contribution in [0, 0.1) is 5.92 Å². The Morgan fingerprint density at radius 1 is 1.03 bits per heavy atom. The van der Waals surface area contributed by atoms with Gasteiger partial charge in [0.2, 0.25) is 0 Å². The van der Waals surface area contributed by atoms with Gasteiger partial charge in [-0.3, -0.25) is 14.6 Å². The molecular weight excluding hydrogens is 384 g/mol. The molecule has 1 aromatic carbocycles. The maximum absolute atomic E-state index is 13.2. The smallest absolute Gasteiger partial charge is 0.323 e. The summed E-state index contributed by atoms with van der Waals surface area (Å²) in [5.41, 5.74) is 0.660. The van der Waals surface area contributed by atoms with Crippen molar-refractivity contribution in [2.45, 2.75) is 32.4 Å². The predicted octanol–water partition coefficient (Wildman–Crippen LogP) is 3.77. The Kier molecular flexibility index (Phi) is 6.10. The first kappa shape index (κ1) is 21.4. The van der Waals surface area contributed by atoms with Gasteiger partial charge in [0, 0.05) is 24.0 Å². The van der Waals surface area contributed by atoms with Crippen molar-refractivity contribution in [2.75, 3.05) is 14.2 Å². The fourth-order valence-electron chi connectivity index (χ4n) is 3.49. The Balaban J connectivity index is 2.25. The Bertz CT molecular complexity index is 1040. The van der Waals surface area contributed by atoms with Crippen LogP contribution < -0.4 is 4.74 Å². The first-order chi connectivity index (χ1) is 14.3. The second-order valence-corrected chi connectivity index (χ2v) is 7.89. The molecule has 30 heavy (non-hydrogen) atoms. The van der Waals surface area contributed by atoms with Gasteiger partial charge >= 0.3 is 11.9 Å². The number of carbonyl (C=O) groups excluding carboxylic acids is 2. The molecule has 0 aliphatic rings. The largest absolute Gasteiger partial charge is 0.495 e.